The lowest BCUT2D eigenvalue weighted by atomic mass is 9.64. The first kappa shape index (κ1) is 16.8. The largest absolute Gasteiger partial charge is 0.416 e. The molecule has 0 aliphatic heterocycles. The Hall–Kier alpha value is -1.59. The summed E-state index contributed by atoms with van der Waals surface area (Å²) in [6.07, 6.45) is -2.37. The van der Waals surface area contributed by atoms with Crippen LogP contribution in [-0.2, 0) is 21.6 Å². The third-order valence-corrected chi connectivity index (χ3v) is 5.09. The molecule has 1 N–H and O–H groups in total. The maximum atomic E-state index is 12.8. The topological polar surface area (TPSA) is 70.0 Å². The number of alkyl halides is 3. The lowest BCUT2D eigenvalue weighted by molar-refractivity contribution is -0.137. The molecule has 0 radical (unpaired) electrons. The predicted molar refractivity (Wildman–Crippen MR) is 74.4 cm³/mol. The summed E-state index contributed by atoms with van der Waals surface area (Å²) in [4.78, 5) is 0. The van der Waals surface area contributed by atoms with Crippen molar-refractivity contribution in [1.82, 2.24) is 4.72 Å². The third kappa shape index (κ3) is 3.59. The molecule has 0 aromatic heterocycles. The zero-order valence-corrected chi connectivity index (χ0v) is 12.5. The van der Waals surface area contributed by atoms with E-state index in [0.29, 0.717) is 18.4 Å². The van der Waals surface area contributed by atoms with E-state index in [4.69, 9.17) is 5.26 Å². The van der Waals surface area contributed by atoms with Crippen molar-refractivity contribution in [2.45, 2.75) is 30.9 Å². The van der Waals surface area contributed by atoms with Crippen molar-refractivity contribution >= 4 is 10.0 Å². The molecular weight excluding hydrogens is 317 g/mol. The van der Waals surface area contributed by atoms with E-state index in [9.17, 15) is 21.6 Å². The summed E-state index contributed by atoms with van der Waals surface area (Å²) in [6, 6.07) is 6.55. The maximum Gasteiger partial charge on any atom is 0.416 e. The van der Waals surface area contributed by atoms with Crippen LogP contribution in [0.5, 0.6) is 0 Å². The zero-order chi connectivity index (χ0) is 16.4. The summed E-state index contributed by atoms with van der Waals surface area (Å²) in [6.45, 7) is 0.0122. The fourth-order valence-electron chi connectivity index (χ4n) is 2.58. The van der Waals surface area contributed by atoms with Gasteiger partial charge in [-0.3, -0.25) is 0 Å². The zero-order valence-electron chi connectivity index (χ0n) is 11.7. The molecule has 1 aromatic rings. The monoisotopic (exact) mass is 332 g/mol. The van der Waals surface area contributed by atoms with Crippen LogP contribution in [-0.4, -0.2) is 20.7 Å². The van der Waals surface area contributed by atoms with E-state index in [0.717, 1.165) is 18.6 Å². The first-order valence-corrected chi connectivity index (χ1v) is 8.36. The Labute approximate surface area is 127 Å². The van der Waals surface area contributed by atoms with Crippen molar-refractivity contribution in [3.63, 3.8) is 0 Å². The maximum absolute atomic E-state index is 12.8. The van der Waals surface area contributed by atoms with Gasteiger partial charge in [0.25, 0.3) is 0 Å². The van der Waals surface area contributed by atoms with Gasteiger partial charge in [0, 0.05) is 12.0 Å². The van der Waals surface area contributed by atoms with Gasteiger partial charge in [-0.25, -0.2) is 13.1 Å². The van der Waals surface area contributed by atoms with Crippen molar-refractivity contribution in [3.8, 4) is 6.07 Å². The molecule has 1 fully saturated rings. The van der Waals surface area contributed by atoms with Crippen LogP contribution < -0.4 is 4.72 Å². The van der Waals surface area contributed by atoms with Gasteiger partial charge in [0.15, 0.2) is 5.75 Å². The fourth-order valence-corrected chi connectivity index (χ4v) is 3.35. The van der Waals surface area contributed by atoms with Crippen LogP contribution in [0.2, 0.25) is 0 Å². The molecule has 0 saturated heterocycles. The van der Waals surface area contributed by atoms with Crippen LogP contribution in [0.15, 0.2) is 24.3 Å². The molecule has 0 atom stereocenters. The number of rotatable bonds is 5. The molecule has 4 nitrogen and oxygen atoms in total. The molecule has 1 aliphatic carbocycles. The number of nitrogens with zero attached hydrogens (tertiary/aromatic N) is 1. The highest BCUT2D eigenvalue weighted by molar-refractivity contribution is 7.89. The quantitative estimate of drug-likeness (QED) is 0.901. The minimum Gasteiger partial charge on any atom is -0.213 e. The van der Waals surface area contributed by atoms with Gasteiger partial charge in [-0.05, 0) is 24.5 Å². The van der Waals surface area contributed by atoms with E-state index in [1.807, 2.05) is 0 Å². The molecule has 0 amide bonds. The highest BCUT2D eigenvalue weighted by Gasteiger charge is 2.41. The fraction of sp³-hybridized carbons (Fsp3) is 0.500. The molecule has 0 heterocycles. The second kappa shape index (κ2) is 5.89. The van der Waals surface area contributed by atoms with Gasteiger partial charge in [0.1, 0.15) is 0 Å². The van der Waals surface area contributed by atoms with Crippen molar-refractivity contribution in [1.29, 1.82) is 5.26 Å². The Morgan fingerprint density at radius 3 is 2.50 bits per heavy atom. The highest BCUT2D eigenvalue weighted by Crippen LogP contribution is 2.44. The van der Waals surface area contributed by atoms with Crippen molar-refractivity contribution in [2.24, 2.45) is 0 Å². The van der Waals surface area contributed by atoms with Crippen LogP contribution in [0.3, 0.4) is 0 Å². The third-order valence-electron chi connectivity index (χ3n) is 4.00. The lowest BCUT2D eigenvalue weighted by Gasteiger charge is -2.42. The number of sulfonamides is 1. The van der Waals surface area contributed by atoms with E-state index >= 15 is 0 Å². The number of halogens is 3. The van der Waals surface area contributed by atoms with Gasteiger partial charge in [-0.15, -0.1) is 0 Å². The van der Waals surface area contributed by atoms with E-state index in [1.165, 1.54) is 6.07 Å². The summed E-state index contributed by atoms with van der Waals surface area (Å²) in [5.41, 5.74) is -0.881. The molecule has 1 saturated carbocycles. The number of nitriles is 1. The molecule has 0 bridgehead atoms. The van der Waals surface area contributed by atoms with Gasteiger partial charge in [0.2, 0.25) is 10.0 Å². The minimum absolute atomic E-state index is 0.0122. The first-order valence-electron chi connectivity index (χ1n) is 6.71. The Bertz CT molecular complexity index is 689. The average Bonchev–Trinajstić information content (AvgIpc) is 2.36. The van der Waals surface area contributed by atoms with E-state index in [1.54, 1.807) is 12.1 Å². The van der Waals surface area contributed by atoms with Gasteiger partial charge >= 0.3 is 6.18 Å². The summed E-state index contributed by atoms with van der Waals surface area (Å²) in [7, 11) is -3.72. The van der Waals surface area contributed by atoms with Crippen molar-refractivity contribution in [2.75, 3.05) is 12.3 Å². The first-order chi connectivity index (χ1) is 10.2. The Kier molecular flexibility index (Phi) is 4.49. The number of benzene rings is 1. The average molecular weight is 332 g/mol. The SMILES string of the molecule is N#CCS(=O)(=O)NCC1(c2cccc(C(F)(F)F)c2)CCC1. The lowest BCUT2D eigenvalue weighted by Crippen LogP contribution is -2.46. The molecule has 2 rings (SSSR count). The number of hydrogen-bond donors (Lipinski definition) is 1. The molecular formula is C14H15F3N2O2S. The predicted octanol–water partition coefficient (Wildman–Crippen LogP) is 2.57. The number of hydrogen-bond acceptors (Lipinski definition) is 3. The molecule has 22 heavy (non-hydrogen) atoms. The van der Waals surface area contributed by atoms with Crippen molar-refractivity contribution in [3.05, 3.63) is 35.4 Å². The molecule has 120 valence electrons. The normalized spacial score (nSPS) is 17.5. The van der Waals surface area contributed by atoms with Gasteiger partial charge in [-0.1, -0.05) is 24.6 Å². The van der Waals surface area contributed by atoms with E-state index in [-0.39, 0.29) is 6.54 Å². The summed E-state index contributed by atoms with van der Waals surface area (Å²) < 4.78 is 63.9. The Morgan fingerprint density at radius 2 is 2.00 bits per heavy atom. The van der Waals surface area contributed by atoms with Gasteiger partial charge < -0.3 is 0 Å². The second-order valence-electron chi connectivity index (χ2n) is 5.45. The molecule has 0 unspecified atom stereocenters. The number of nitrogens with one attached hydrogen (secondary N) is 1. The standard InChI is InChI=1S/C14H15F3N2O2S/c15-14(16,17)12-4-1-3-11(9-12)13(5-2-6-13)10-19-22(20,21)8-7-18/h1,3-4,9,19H,2,5-6,8,10H2. The smallest absolute Gasteiger partial charge is 0.213 e. The molecule has 0 spiro atoms. The highest BCUT2D eigenvalue weighted by atomic mass is 32.2. The van der Waals surface area contributed by atoms with Crippen molar-refractivity contribution < 1.29 is 21.6 Å². The van der Waals surface area contributed by atoms with Crippen LogP contribution in [0.1, 0.15) is 30.4 Å². The summed E-state index contributed by atoms with van der Waals surface area (Å²) in [5.74, 6) is -0.661. The van der Waals surface area contributed by atoms with Gasteiger partial charge in [-0.2, -0.15) is 18.4 Å². The summed E-state index contributed by atoms with van der Waals surface area (Å²) >= 11 is 0. The Balaban J connectivity index is 2.23. The van der Waals surface area contributed by atoms with Crippen LogP contribution in [0.4, 0.5) is 13.2 Å². The Morgan fingerprint density at radius 1 is 1.32 bits per heavy atom. The molecule has 1 aromatic carbocycles. The van der Waals surface area contributed by atoms with Crippen LogP contribution in [0, 0.1) is 11.3 Å². The van der Waals surface area contributed by atoms with Crippen LogP contribution >= 0.6 is 0 Å². The second-order valence-corrected chi connectivity index (χ2v) is 7.26. The molecule has 8 heteroatoms. The van der Waals surface area contributed by atoms with E-state index in [2.05, 4.69) is 4.72 Å². The minimum atomic E-state index is -4.43. The summed E-state index contributed by atoms with van der Waals surface area (Å²) in [5, 5.41) is 8.45. The molecule has 1 aliphatic rings. The van der Waals surface area contributed by atoms with E-state index < -0.39 is 32.9 Å². The van der Waals surface area contributed by atoms with Crippen LogP contribution in [0.25, 0.3) is 0 Å². The van der Waals surface area contributed by atoms with Gasteiger partial charge in [0.05, 0.1) is 11.6 Å².